The van der Waals surface area contributed by atoms with E-state index in [2.05, 4.69) is 19.1 Å². The third-order valence-corrected chi connectivity index (χ3v) is 4.90. The maximum absolute atomic E-state index is 12.5. The van der Waals surface area contributed by atoms with Gasteiger partial charge in [-0.2, -0.15) is 0 Å². The molecule has 2 N–H and O–H groups in total. The smallest absolute Gasteiger partial charge is 0.225 e. The number of aryl methyl sites for hydroxylation is 1. The number of piperidine rings is 1. The van der Waals surface area contributed by atoms with E-state index in [0.29, 0.717) is 5.91 Å². The Labute approximate surface area is 132 Å². The maximum Gasteiger partial charge on any atom is 0.225 e. The molecule has 0 spiro atoms. The van der Waals surface area contributed by atoms with Crippen LogP contribution in [-0.4, -0.2) is 36.0 Å². The summed E-state index contributed by atoms with van der Waals surface area (Å²) in [7, 11) is 0. The Morgan fingerprint density at radius 3 is 2.41 bits per heavy atom. The van der Waals surface area contributed by atoms with Gasteiger partial charge in [-0.05, 0) is 38.3 Å². The Kier molecular flexibility index (Phi) is 4.67. The molecule has 4 heteroatoms. The molecule has 2 aliphatic rings. The van der Waals surface area contributed by atoms with Gasteiger partial charge < -0.3 is 15.4 Å². The first kappa shape index (κ1) is 15.3. The number of ether oxygens (including phenoxy) is 1. The normalized spacial score (nSPS) is 26.2. The minimum Gasteiger partial charge on any atom is -0.490 e. The molecule has 0 bridgehead atoms. The lowest BCUT2D eigenvalue weighted by molar-refractivity contribution is -0.137. The van der Waals surface area contributed by atoms with Crippen LogP contribution in [0.1, 0.15) is 37.7 Å². The number of rotatable bonds is 3. The fraction of sp³-hybridized carbons (Fsp3) is 0.611. The summed E-state index contributed by atoms with van der Waals surface area (Å²) in [6, 6.07) is 8.39. The van der Waals surface area contributed by atoms with E-state index in [4.69, 9.17) is 10.5 Å². The highest BCUT2D eigenvalue weighted by atomic mass is 16.5. The van der Waals surface area contributed by atoms with Gasteiger partial charge >= 0.3 is 0 Å². The minimum atomic E-state index is 0.157. The van der Waals surface area contributed by atoms with Crippen molar-refractivity contribution in [2.75, 3.05) is 13.1 Å². The van der Waals surface area contributed by atoms with Gasteiger partial charge in [0.15, 0.2) is 0 Å². The second-order valence-electron chi connectivity index (χ2n) is 6.73. The van der Waals surface area contributed by atoms with Gasteiger partial charge in [0.25, 0.3) is 0 Å². The molecule has 4 nitrogen and oxygen atoms in total. The highest BCUT2D eigenvalue weighted by Crippen LogP contribution is 2.28. The summed E-state index contributed by atoms with van der Waals surface area (Å²) in [4.78, 5) is 14.5. The van der Waals surface area contributed by atoms with Gasteiger partial charge in [0.2, 0.25) is 5.91 Å². The topological polar surface area (TPSA) is 55.6 Å². The quantitative estimate of drug-likeness (QED) is 0.933. The van der Waals surface area contributed by atoms with Crippen molar-refractivity contribution in [2.24, 2.45) is 11.7 Å². The van der Waals surface area contributed by atoms with E-state index in [1.165, 1.54) is 5.56 Å². The molecule has 1 amide bonds. The summed E-state index contributed by atoms with van der Waals surface area (Å²) in [5, 5.41) is 0. The largest absolute Gasteiger partial charge is 0.490 e. The molecule has 0 aromatic heterocycles. The van der Waals surface area contributed by atoms with Crippen molar-refractivity contribution in [3.63, 3.8) is 0 Å². The molecule has 1 saturated heterocycles. The van der Waals surface area contributed by atoms with E-state index < -0.39 is 0 Å². The van der Waals surface area contributed by atoms with Gasteiger partial charge in [-0.25, -0.2) is 0 Å². The molecule has 2 unspecified atom stereocenters. The molecule has 1 aromatic carbocycles. The van der Waals surface area contributed by atoms with Gasteiger partial charge in [-0.3, -0.25) is 4.79 Å². The van der Waals surface area contributed by atoms with Gasteiger partial charge in [0, 0.05) is 37.9 Å². The molecule has 1 aromatic rings. The van der Waals surface area contributed by atoms with Crippen molar-refractivity contribution in [1.29, 1.82) is 0 Å². The highest BCUT2D eigenvalue weighted by molar-refractivity contribution is 5.79. The van der Waals surface area contributed by atoms with Crippen LogP contribution in [-0.2, 0) is 4.79 Å². The van der Waals surface area contributed by atoms with Crippen molar-refractivity contribution in [2.45, 2.75) is 51.2 Å². The summed E-state index contributed by atoms with van der Waals surface area (Å²) >= 11 is 0. The van der Waals surface area contributed by atoms with E-state index in [1.54, 1.807) is 0 Å². The Balaban J connectivity index is 1.48. The Morgan fingerprint density at radius 2 is 1.82 bits per heavy atom. The molecule has 3 rings (SSSR count). The van der Waals surface area contributed by atoms with Crippen LogP contribution in [0.25, 0.3) is 0 Å². The first-order chi connectivity index (χ1) is 10.6. The van der Waals surface area contributed by atoms with Crippen LogP contribution in [0.4, 0.5) is 0 Å². The Bertz CT molecular complexity index is 506. The lowest BCUT2D eigenvalue weighted by Crippen LogP contribution is -2.44. The lowest BCUT2D eigenvalue weighted by Gasteiger charge is -2.33. The summed E-state index contributed by atoms with van der Waals surface area (Å²) < 4.78 is 6.02. The standard InChI is InChI=1S/C18H26N2O2/c1-13-2-6-16(7-3-13)22-17-8-10-20(11-9-17)18(21)14-4-5-15(19)12-14/h2-3,6-7,14-15,17H,4-5,8-12,19H2,1H3. The molecule has 0 radical (unpaired) electrons. The van der Waals surface area contributed by atoms with Crippen LogP contribution in [0, 0.1) is 12.8 Å². The van der Waals surface area contributed by atoms with Crippen LogP contribution in [0.3, 0.4) is 0 Å². The SMILES string of the molecule is Cc1ccc(OC2CCN(C(=O)C3CCC(N)C3)CC2)cc1. The summed E-state index contributed by atoms with van der Waals surface area (Å²) in [6.45, 7) is 3.69. The van der Waals surface area contributed by atoms with E-state index in [-0.39, 0.29) is 18.1 Å². The zero-order valence-electron chi connectivity index (χ0n) is 13.3. The molecule has 2 fully saturated rings. The number of hydrogen-bond donors (Lipinski definition) is 1. The fourth-order valence-corrected chi connectivity index (χ4v) is 3.50. The van der Waals surface area contributed by atoms with Crippen LogP contribution < -0.4 is 10.5 Å². The first-order valence-electron chi connectivity index (χ1n) is 8.39. The Hall–Kier alpha value is -1.55. The van der Waals surface area contributed by atoms with Crippen molar-refractivity contribution < 1.29 is 9.53 Å². The van der Waals surface area contributed by atoms with Crippen molar-refractivity contribution in [1.82, 2.24) is 4.90 Å². The van der Waals surface area contributed by atoms with Gasteiger partial charge in [-0.1, -0.05) is 17.7 Å². The zero-order valence-corrected chi connectivity index (χ0v) is 13.3. The predicted octanol–water partition coefficient (Wildman–Crippen LogP) is 2.49. The fourth-order valence-electron chi connectivity index (χ4n) is 3.50. The maximum atomic E-state index is 12.5. The van der Waals surface area contributed by atoms with E-state index in [9.17, 15) is 4.79 Å². The minimum absolute atomic E-state index is 0.157. The van der Waals surface area contributed by atoms with Crippen LogP contribution in [0.2, 0.25) is 0 Å². The summed E-state index contributed by atoms with van der Waals surface area (Å²) in [5.41, 5.74) is 7.16. The van der Waals surface area contributed by atoms with Crippen molar-refractivity contribution >= 4 is 5.91 Å². The van der Waals surface area contributed by atoms with E-state index in [1.807, 2.05) is 17.0 Å². The van der Waals surface area contributed by atoms with Crippen LogP contribution >= 0.6 is 0 Å². The summed E-state index contributed by atoms with van der Waals surface area (Å²) in [6.07, 6.45) is 4.86. The number of hydrogen-bond acceptors (Lipinski definition) is 3. The monoisotopic (exact) mass is 302 g/mol. The molecule has 1 aliphatic carbocycles. The average molecular weight is 302 g/mol. The zero-order chi connectivity index (χ0) is 15.5. The number of nitrogens with zero attached hydrogens (tertiary/aromatic N) is 1. The lowest BCUT2D eigenvalue weighted by atomic mass is 10.0. The number of amides is 1. The number of likely N-dealkylation sites (tertiary alicyclic amines) is 1. The Morgan fingerprint density at radius 1 is 1.14 bits per heavy atom. The number of benzene rings is 1. The van der Waals surface area contributed by atoms with E-state index >= 15 is 0 Å². The third-order valence-electron chi connectivity index (χ3n) is 4.90. The molecule has 1 saturated carbocycles. The van der Waals surface area contributed by atoms with Gasteiger partial charge in [0.05, 0.1) is 0 Å². The van der Waals surface area contributed by atoms with E-state index in [0.717, 1.165) is 50.9 Å². The molecule has 22 heavy (non-hydrogen) atoms. The van der Waals surface area contributed by atoms with Gasteiger partial charge in [0.1, 0.15) is 11.9 Å². The van der Waals surface area contributed by atoms with Crippen LogP contribution in [0.15, 0.2) is 24.3 Å². The predicted molar refractivity (Wildman–Crippen MR) is 86.7 cm³/mol. The second kappa shape index (κ2) is 6.69. The average Bonchev–Trinajstić information content (AvgIpc) is 2.96. The molecule has 1 aliphatic heterocycles. The van der Waals surface area contributed by atoms with Crippen LogP contribution in [0.5, 0.6) is 5.75 Å². The van der Waals surface area contributed by atoms with Crippen molar-refractivity contribution in [3.8, 4) is 5.75 Å². The number of carbonyl (C=O) groups is 1. The highest BCUT2D eigenvalue weighted by Gasteiger charge is 2.33. The first-order valence-corrected chi connectivity index (χ1v) is 8.39. The van der Waals surface area contributed by atoms with Gasteiger partial charge in [-0.15, -0.1) is 0 Å². The molecule has 1 heterocycles. The van der Waals surface area contributed by atoms with Crippen molar-refractivity contribution in [3.05, 3.63) is 29.8 Å². The number of carbonyl (C=O) groups excluding carboxylic acids is 1. The second-order valence-corrected chi connectivity index (χ2v) is 6.73. The molecular formula is C18H26N2O2. The number of nitrogens with two attached hydrogens (primary N) is 1. The third kappa shape index (κ3) is 3.61. The summed E-state index contributed by atoms with van der Waals surface area (Å²) in [5.74, 6) is 1.39. The molecular weight excluding hydrogens is 276 g/mol. The molecule has 2 atom stereocenters. The molecule has 120 valence electrons.